The quantitative estimate of drug-likeness (QED) is 0.610. The lowest BCUT2D eigenvalue weighted by Crippen LogP contribution is -2.16. The smallest absolute Gasteiger partial charge is 0.239 e. The van der Waals surface area contributed by atoms with Gasteiger partial charge in [0.15, 0.2) is 5.78 Å². The van der Waals surface area contributed by atoms with Crippen molar-refractivity contribution in [3.05, 3.63) is 0 Å². The minimum atomic E-state index is -3.65. The van der Waals surface area contributed by atoms with Gasteiger partial charge < -0.3 is 0 Å². The van der Waals surface area contributed by atoms with Crippen LogP contribution in [-0.4, -0.2) is 20.0 Å². The van der Waals surface area contributed by atoms with Gasteiger partial charge in [-0.05, 0) is 0 Å². The summed E-state index contributed by atoms with van der Waals surface area (Å²) in [4.78, 5) is 10.7. The van der Waals surface area contributed by atoms with E-state index in [1.54, 1.807) is 13.8 Å². The lowest BCUT2D eigenvalue weighted by atomic mass is 10.1. The molecule has 0 radical (unpaired) electrons. The SMILES string of the molecule is CC(C)C(=O)CS(=O)(=O)Cl. The zero-order valence-electron chi connectivity index (χ0n) is 5.80. The monoisotopic (exact) mass is 184 g/mol. The van der Waals surface area contributed by atoms with Gasteiger partial charge in [0.05, 0.1) is 0 Å². The maximum atomic E-state index is 10.7. The fourth-order valence-electron chi connectivity index (χ4n) is 0.337. The Morgan fingerprint density at radius 3 is 2.00 bits per heavy atom. The van der Waals surface area contributed by atoms with E-state index in [0.29, 0.717) is 0 Å². The molecule has 5 heteroatoms. The molecule has 0 amide bonds. The molecule has 0 aromatic heterocycles. The molecule has 0 saturated heterocycles. The highest BCUT2D eigenvalue weighted by atomic mass is 35.7. The molecule has 0 aliphatic rings. The first-order valence-electron chi connectivity index (χ1n) is 2.78. The van der Waals surface area contributed by atoms with Gasteiger partial charge in [-0.2, -0.15) is 0 Å². The topological polar surface area (TPSA) is 51.2 Å². The number of carbonyl (C=O) groups excluding carboxylic acids is 1. The minimum Gasteiger partial charge on any atom is -0.298 e. The van der Waals surface area contributed by atoms with Gasteiger partial charge in [-0.15, -0.1) is 0 Å². The fraction of sp³-hybridized carbons (Fsp3) is 0.800. The van der Waals surface area contributed by atoms with Gasteiger partial charge in [-0.3, -0.25) is 4.79 Å². The van der Waals surface area contributed by atoms with Crippen molar-refractivity contribution in [2.45, 2.75) is 13.8 Å². The molecule has 0 atom stereocenters. The Hall–Kier alpha value is -0.0900. The zero-order valence-corrected chi connectivity index (χ0v) is 7.37. The summed E-state index contributed by atoms with van der Waals surface area (Å²) < 4.78 is 20.6. The van der Waals surface area contributed by atoms with Crippen LogP contribution in [0.4, 0.5) is 0 Å². The number of ketones is 1. The van der Waals surface area contributed by atoms with Crippen LogP contribution in [0.25, 0.3) is 0 Å². The van der Waals surface area contributed by atoms with E-state index in [0.717, 1.165) is 0 Å². The first-order chi connectivity index (χ1) is 4.33. The lowest BCUT2D eigenvalue weighted by molar-refractivity contribution is -0.119. The molecular formula is C5H9ClO3S. The van der Waals surface area contributed by atoms with E-state index >= 15 is 0 Å². The van der Waals surface area contributed by atoms with E-state index in [-0.39, 0.29) is 11.7 Å². The molecule has 0 rings (SSSR count). The predicted octanol–water partition coefficient (Wildman–Crippen LogP) is 0.780. The van der Waals surface area contributed by atoms with Crippen LogP contribution in [0.3, 0.4) is 0 Å². The van der Waals surface area contributed by atoms with Gasteiger partial charge in [0.2, 0.25) is 9.05 Å². The number of halogens is 1. The Balaban J connectivity index is 4.07. The van der Waals surface area contributed by atoms with Crippen LogP contribution in [0.5, 0.6) is 0 Å². The third kappa shape index (κ3) is 4.76. The van der Waals surface area contributed by atoms with E-state index in [1.807, 2.05) is 0 Å². The summed E-state index contributed by atoms with van der Waals surface area (Å²) in [6.45, 7) is 3.26. The van der Waals surface area contributed by atoms with Gasteiger partial charge >= 0.3 is 0 Å². The minimum absolute atomic E-state index is 0.270. The third-order valence-corrected chi connectivity index (χ3v) is 1.92. The molecule has 0 aromatic rings. The van der Waals surface area contributed by atoms with Crippen molar-refractivity contribution < 1.29 is 13.2 Å². The number of hydrogen-bond donors (Lipinski definition) is 0. The van der Waals surface area contributed by atoms with Crippen molar-refractivity contribution >= 4 is 25.5 Å². The highest BCUT2D eigenvalue weighted by molar-refractivity contribution is 8.14. The molecule has 0 heterocycles. The van der Waals surface area contributed by atoms with E-state index in [1.165, 1.54) is 0 Å². The summed E-state index contributed by atoms with van der Waals surface area (Å²) in [5, 5.41) is 0. The van der Waals surface area contributed by atoms with Gasteiger partial charge in [0.25, 0.3) is 0 Å². The molecule has 60 valence electrons. The van der Waals surface area contributed by atoms with E-state index in [4.69, 9.17) is 10.7 Å². The van der Waals surface area contributed by atoms with Crippen molar-refractivity contribution in [1.29, 1.82) is 0 Å². The average molecular weight is 185 g/mol. The van der Waals surface area contributed by atoms with Gasteiger partial charge in [-0.1, -0.05) is 13.8 Å². The predicted molar refractivity (Wildman–Crippen MR) is 39.5 cm³/mol. The standard InChI is InChI=1S/C5H9ClO3S/c1-4(2)5(7)3-10(6,8)9/h4H,3H2,1-2H3. The fourth-order valence-corrected chi connectivity index (χ4v) is 1.33. The highest BCUT2D eigenvalue weighted by Gasteiger charge is 2.15. The van der Waals surface area contributed by atoms with Crippen LogP contribution >= 0.6 is 10.7 Å². The second-order valence-electron chi connectivity index (χ2n) is 2.30. The summed E-state index contributed by atoms with van der Waals surface area (Å²) in [5.74, 6) is -1.19. The van der Waals surface area contributed by atoms with E-state index in [2.05, 4.69) is 0 Å². The summed E-state index contributed by atoms with van der Waals surface area (Å²) in [6, 6.07) is 0. The second kappa shape index (κ2) is 3.34. The van der Waals surface area contributed by atoms with Gasteiger partial charge in [0.1, 0.15) is 5.75 Å². The maximum Gasteiger partial charge on any atom is 0.239 e. The second-order valence-corrected chi connectivity index (χ2v) is 5.08. The zero-order chi connectivity index (χ0) is 8.36. The van der Waals surface area contributed by atoms with Crippen LogP contribution < -0.4 is 0 Å². The third-order valence-electron chi connectivity index (χ3n) is 0.959. The van der Waals surface area contributed by atoms with Crippen LogP contribution in [-0.2, 0) is 13.8 Å². The molecule has 10 heavy (non-hydrogen) atoms. The summed E-state index contributed by atoms with van der Waals surface area (Å²) in [5.41, 5.74) is 0. The van der Waals surface area contributed by atoms with Crippen molar-refractivity contribution in [2.24, 2.45) is 5.92 Å². The molecule has 0 fully saturated rings. The molecule has 0 saturated carbocycles. The maximum absolute atomic E-state index is 10.7. The Labute approximate surface area is 64.8 Å². The molecule has 0 aromatic carbocycles. The van der Waals surface area contributed by atoms with Gasteiger partial charge in [0, 0.05) is 16.6 Å². The molecule has 0 aliphatic carbocycles. The first-order valence-corrected chi connectivity index (χ1v) is 5.26. The number of carbonyl (C=O) groups is 1. The average Bonchev–Trinajstić information content (AvgIpc) is 1.60. The number of hydrogen-bond acceptors (Lipinski definition) is 3. The largest absolute Gasteiger partial charge is 0.298 e. The molecule has 0 bridgehead atoms. The molecule has 0 unspecified atom stereocenters. The Bertz CT molecular complexity index is 217. The summed E-state index contributed by atoms with van der Waals surface area (Å²) in [7, 11) is 1.18. The van der Waals surface area contributed by atoms with Crippen molar-refractivity contribution in [3.8, 4) is 0 Å². The number of Topliss-reactive ketones (excluding diaryl/α,β-unsaturated/α-hetero) is 1. The lowest BCUT2D eigenvalue weighted by Gasteiger charge is -1.98. The van der Waals surface area contributed by atoms with Crippen molar-refractivity contribution in [2.75, 3.05) is 5.75 Å². The van der Waals surface area contributed by atoms with Gasteiger partial charge in [-0.25, -0.2) is 8.42 Å². The Morgan fingerprint density at radius 1 is 1.50 bits per heavy atom. The highest BCUT2D eigenvalue weighted by Crippen LogP contribution is 2.02. The molecular weight excluding hydrogens is 176 g/mol. The summed E-state index contributed by atoms with van der Waals surface area (Å²) >= 11 is 0. The van der Waals surface area contributed by atoms with Crippen LogP contribution in [0.15, 0.2) is 0 Å². The molecule has 0 spiro atoms. The summed E-state index contributed by atoms with van der Waals surface area (Å²) in [6.07, 6.45) is 0. The van der Waals surface area contributed by atoms with Crippen molar-refractivity contribution in [3.63, 3.8) is 0 Å². The molecule has 0 N–H and O–H groups in total. The molecule has 3 nitrogen and oxygen atoms in total. The van der Waals surface area contributed by atoms with Crippen LogP contribution in [0, 0.1) is 5.92 Å². The Morgan fingerprint density at radius 2 is 1.90 bits per heavy atom. The van der Waals surface area contributed by atoms with Crippen LogP contribution in [0.2, 0.25) is 0 Å². The van der Waals surface area contributed by atoms with Crippen LogP contribution in [0.1, 0.15) is 13.8 Å². The first kappa shape index (κ1) is 9.91. The van der Waals surface area contributed by atoms with E-state index in [9.17, 15) is 13.2 Å². The normalized spacial score (nSPS) is 12.0. The van der Waals surface area contributed by atoms with E-state index < -0.39 is 14.8 Å². The van der Waals surface area contributed by atoms with Crippen molar-refractivity contribution in [1.82, 2.24) is 0 Å². The Kier molecular flexibility index (Phi) is 3.31. The molecule has 0 aliphatic heterocycles. The number of rotatable bonds is 3.